The molecule has 3 aromatic rings. The Hall–Kier alpha value is -3.92. The smallest absolute Gasteiger partial charge is 0.279 e. The van der Waals surface area contributed by atoms with Crippen molar-refractivity contribution < 1.29 is 19.1 Å². The molecule has 1 aliphatic heterocycles. The molecule has 1 aromatic heterocycles. The molecule has 1 fully saturated rings. The van der Waals surface area contributed by atoms with E-state index in [1.807, 2.05) is 0 Å². The summed E-state index contributed by atoms with van der Waals surface area (Å²) in [6.45, 7) is 8.05. The van der Waals surface area contributed by atoms with Gasteiger partial charge in [0.2, 0.25) is 5.91 Å². The highest BCUT2D eigenvalue weighted by molar-refractivity contribution is 6.05. The van der Waals surface area contributed by atoms with E-state index in [-0.39, 0.29) is 23.7 Å². The zero-order valence-corrected chi connectivity index (χ0v) is 23.0. The molecule has 0 radical (unpaired) electrons. The summed E-state index contributed by atoms with van der Waals surface area (Å²) in [5, 5.41) is 10.6. The van der Waals surface area contributed by atoms with Crippen LogP contribution in [-0.4, -0.2) is 73.4 Å². The standard InChI is InChI=1S/C29H37N5O5/c1-19-14-20(2)18-33(17-19)13-7-12-30-26(35)16-31-28(36)27-22-8-5-6-9-23(22)29(37)34(32-27)21-10-11-24(38-3)25(15-21)39-4/h5-6,8-11,15,19-20H,7,12-14,16-18H2,1-4H3,(H,30,35)(H,31,36)/t19-,20-/m1/s1. The van der Waals surface area contributed by atoms with Gasteiger partial charge in [-0.05, 0) is 49.4 Å². The Balaban J connectivity index is 1.43. The zero-order chi connectivity index (χ0) is 27.9. The summed E-state index contributed by atoms with van der Waals surface area (Å²) in [6.07, 6.45) is 2.12. The van der Waals surface area contributed by atoms with Crippen LogP contribution in [0, 0.1) is 11.8 Å². The lowest BCUT2D eigenvalue weighted by Crippen LogP contribution is -2.41. The Morgan fingerprint density at radius 3 is 2.36 bits per heavy atom. The number of aromatic nitrogens is 2. The minimum absolute atomic E-state index is 0.0427. The number of benzene rings is 2. The maximum absolute atomic E-state index is 13.2. The van der Waals surface area contributed by atoms with Crippen LogP contribution in [0.2, 0.25) is 0 Å². The zero-order valence-electron chi connectivity index (χ0n) is 23.0. The van der Waals surface area contributed by atoms with E-state index >= 15 is 0 Å². The molecule has 2 heterocycles. The third-order valence-corrected chi connectivity index (χ3v) is 6.96. The molecule has 39 heavy (non-hydrogen) atoms. The fraction of sp³-hybridized carbons (Fsp3) is 0.448. The first-order chi connectivity index (χ1) is 18.8. The van der Waals surface area contributed by atoms with Crippen molar-refractivity contribution in [3.63, 3.8) is 0 Å². The second-order valence-electron chi connectivity index (χ2n) is 10.2. The van der Waals surface area contributed by atoms with E-state index in [0.29, 0.717) is 46.3 Å². The van der Waals surface area contributed by atoms with Crippen molar-refractivity contribution in [1.82, 2.24) is 25.3 Å². The van der Waals surface area contributed by atoms with E-state index in [4.69, 9.17) is 9.47 Å². The van der Waals surface area contributed by atoms with Gasteiger partial charge in [0.1, 0.15) is 0 Å². The van der Waals surface area contributed by atoms with Crippen molar-refractivity contribution >= 4 is 22.6 Å². The van der Waals surface area contributed by atoms with Crippen molar-refractivity contribution in [3.8, 4) is 17.2 Å². The van der Waals surface area contributed by atoms with Crippen LogP contribution in [0.15, 0.2) is 47.3 Å². The molecule has 2 amide bonds. The number of likely N-dealkylation sites (tertiary alicyclic amines) is 1. The lowest BCUT2D eigenvalue weighted by molar-refractivity contribution is -0.120. The van der Waals surface area contributed by atoms with Gasteiger partial charge in [0.05, 0.1) is 31.8 Å². The van der Waals surface area contributed by atoms with Gasteiger partial charge < -0.3 is 25.0 Å². The first-order valence-corrected chi connectivity index (χ1v) is 13.3. The van der Waals surface area contributed by atoms with Crippen molar-refractivity contribution in [2.75, 3.05) is 46.9 Å². The topological polar surface area (TPSA) is 115 Å². The van der Waals surface area contributed by atoms with Crippen molar-refractivity contribution in [3.05, 3.63) is 58.5 Å². The number of amides is 2. The number of rotatable bonds is 10. The second-order valence-corrected chi connectivity index (χ2v) is 10.2. The fourth-order valence-electron chi connectivity index (χ4n) is 5.30. The molecule has 10 nitrogen and oxygen atoms in total. The Morgan fingerprint density at radius 1 is 0.974 bits per heavy atom. The molecule has 0 unspecified atom stereocenters. The van der Waals surface area contributed by atoms with Crippen LogP contribution in [-0.2, 0) is 4.79 Å². The Morgan fingerprint density at radius 2 is 1.67 bits per heavy atom. The first kappa shape index (κ1) is 28.1. The molecule has 1 aliphatic rings. The molecule has 2 N–H and O–H groups in total. The predicted molar refractivity (Wildman–Crippen MR) is 150 cm³/mol. The first-order valence-electron chi connectivity index (χ1n) is 13.3. The van der Waals surface area contributed by atoms with Gasteiger partial charge in [-0.25, -0.2) is 0 Å². The molecule has 0 aliphatic carbocycles. The lowest BCUT2D eigenvalue weighted by atomic mass is 9.92. The maximum Gasteiger partial charge on any atom is 0.279 e. The van der Waals surface area contributed by atoms with Crippen LogP contribution in [0.5, 0.6) is 11.5 Å². The van der Waals surface area contributed by atoms with Gasteiger partial charge in [-0.1, -0.05) is 32.0 Å². The normalized spacial score (nSPS) is 17.5. The third kappa shape index (κ3) is 6.75. The molecule has 0 spiro atoms. The Kier molecular flexibility index (Phi) is 9.19. The number of hydrogen-bond acceptors (Lipinski definition) is 7. The van der Waals surface area contributed by atoms with E-state index in [1.165, 1.54) is 20.6 Å². The number of carbonyl (C=O) groups excluding carboxylic acids is 2. The minimum Gasteiger partial charge on any atom is -0.493 e. The molecule has 208 valence electrons. The molecule has 0 bridgehead atoms. The summed E-state index contributed by atoms with van der Waals surface area (Å²) in [7, 11) is 3.02. The van der Waals surface area contributed by atoms with Gasteiger partial charge in [-0.3, -0.25) is 14.4 Å². The van der Waals surface area contributed by atoms with Gasteiger partial charge in [0, 0.05) is 31.1 Å². The van der Waals surface area contributed by atoms with Crippen molar-refractivity contribution in [2.45, 2.75) is 26.7 Å². The summed E-state index contributed by atoms with van der Waals surface area (Å²) >= 11 is 0. The Labute approximate surface area is 228 Å². The second kappa shape index (κ2) is 12.8. The summed E-state index contributed by atoms with van der Waals surface area (Å²) < 4.78 is 11.8. The predicted octanol–water partition coefficient (Wildman–Crippen LogP) is 2.62. The minimum atomic E-state index is -0.549. The van der Waals surface area contributed by atoms with Crippen LogP contribution in [0.1, 0.15) is 37.2 Å². The van der Waals surface area contributed by atoms with Crippen LogP contribution in [0.3, 0.4) is 0 Å². The molecular weight excluding hydrogens is 498 g/mol. The highest BCUT2D eigenvalue weighted by atomic mass is 16.5. The quantitative estimate of drug-likeness (QED) is 0.384. The van der Waals surface area contributed by atoms with Crippen molar-refractivity contribution in [1.29, 1.82) is 0 Å². The number of methoxy groups -OCH3 is 2. The van der Waals surface area contributed by atoms with Gasteiger partial charge in [0.15, 0.2) is 17.2 Å². The number of fused-ring (bicyclic) bond motifs is 1. The molecule has 2 atom stereocenters. The molecule has 10 heteroatoms. The average Bonchev–Trinajstić information content (AvgIpc) is 2.93. The van der Waals surface area contributed by atoms with E-state index in [0.717, 1.165) is 30.7 Å². The number of piperidine rings is 1. The fourth-order valence-corrected chi connectivity index (χ4v) is 5.30. The molecule has 0 saturated carbocycles. The van der Waals surface area contributed by atoms with E-state index < -0.39 is 5.91 Å². The van der Waals surface area contributed by atoms with Crippen LogP contribution < -0.4 is 25.7 Å². The summed E-state index contributed by atoms with van der Waals surface area (Å²) in [6, 6.07) is 11.7. The molecular formula is C29H37N5O5. The molecule has 2 aromatic carbocycles. The lowest BCUT2D eigenvalue weighted by Gasteiger charge is -2.34. The number of nitrogens with one attached hydrogen (secondary N) is 2. The summed E-state index contributed by atoms with van der Waals surface area (Å²) in [5.41, 5.74) is 0.0680. The van der Waals surface area contributed by atoms with E-state index in [2.05, 4.69) is 34.5 Å². The number of nitrogens with zero attached hydrogens (tertiary/aromatic N) is 3. The SMILES string of the molecule is COc1ccc(-n2nc(C(=O)NCC(=O)NCCCN3C[C@H](C)C[C@@H](C)C3)c3ccccc3c2=O)cc1OC. The van der Waals surface area contributed by atoms with Crippen LogP contribution >= 0.6 is 0 Å². The average molecular weight is 536 g/mol. The van der Waals surface area contributed by atoms with Crippen LogP contribution in [0.25, 0.3) is 16.5 Å². The van der Waals surface area contributed by atoms with Crippen molar-refractivity contribution in [2.24, 2.45) is 11.8 Å². The Bertz CT molecular complexity index is 1380. The number of ether oxygens (including phenoxy) is 2. The summed E-state index contributed by atoms with van der Waals surface area (Å²) in [4.78, 5) is 41.3. The largest absolute Gasteiger partial charge is 0.493 e. The third-order valence-electron chi connectivity index (χ3n) is 6.96. The highest BCUT2D eigenvalue weighted by Crippen LogP contribution is 2.29. The van der Waals surface area contributed by atoms with Gasteiger partial charge in [-0.15, -0.1) is 0 Å². The molecule has 4 rings (SSSR count). The molecule has 1 saturated heterocycles. The van der Waals surface area contributed by atoms with Crippen LogP contribution in [0.4, 0.5) is 0 Å². The number of carbonyl (C=O) groups is 2. The van der Waals surface area contributed by atoms with E-state index in [1.54, 1.807) is 42.5 Å². The maximum atomic E-state index is 13.2. The van der Waals surface area contributed by atoms with Gasteiger partial charge >= 0.3 is 0 Å². The highest BCUT2D eigenvalue weighted by Gasteiger charge is 2.21. The van der Waals surface area contributed by atoms with Gasteiger partial charge in [0.25, 0.3) is 11.5 Å². The van der Waals surface area contributed by atoms with Gasteiger partial charge in [-0.2, -0.15) is 9.78 Å². The summed E-state index contributed by atoms with van der Waals surface area (Å²) in [5.74, 6) is 1.49. The number of hydrogen-bond donors (Lipinski definition) is 2. The van der Waals surface area contributed by atoms with E-state index in [9.17, 15) is 14.4 Å². The monoisotopic (exact) mass is 535 g/mol.